The highest BCUT2D eigenvalue weighted by atomic mass is 17.2. The molecular formula is C19H29NO8. The van der Waals surface area contributed by atoms with Crippen molar-refractivity contribution in [3.05, 3.63) is 0 Å². The second kappa shape index (κ2) is 10.4. The fourth-order valence-electron chi connectivity index (χ4n) is 3.54. The maximum absolute atomic E-state index is 11.7. The molecule has 1 aliphatic heterocycles. The first-order valence-electron chi connectivity index (χ1n) is 9.64. The van der Waals surface area contributed by atoms with E-state index in [1.54, 1.807) is 6.92 Å². The van der Waals surface area contributed by atoms with E-state index in [1.807, 2.05) is 0 Å². The quantitative estimate of drug-likeness (QED) is 0.379. The fourth-order valence-corrected chi connectivity index (χ4v) is 3.54. The lowest BCUT2D eigenvalue weighted by molar-refractivity contribution is -0.301. The molecule has 0 saturated heterocycles. The Labute approximate surface area is 164 Å². The minimum Gasteiger partial charge on any atom is -0.463 e. The smallest absolute Gasteiger partial charge is 0.303 e. The van der Waals surface area contributed by atoms with Crippen LogP contribution in [-0.4, -0.2) is 54.8 Å². The molecule has 9 heteroatoms. The van der Waals surface area contributed by atoms with Gasteiger partial charge in [0.05, 0.1) is 6.04 Å². The Morgan fingerprint density at radius 1 is 1.00 bits per heavy atom. The van der Waals surface area contributed by atoms with Gasteiger partial charge in [-0.2, -0.15) is 4.89 Å². The van der Waals surface area contributed by atoms with Gasteiger partial charge in [0.1, 0.15) is 6.61 Å². The number of aliphatic imine (C=N–C) groups is 1. The molecule has 1 aliphatic carbocycles. The largest absolute Gasteiger partial charge is 0.463 e. The van der Waals surface area contributed by atoms with Crippen LogP contribution in [0.3, 0.4) is 0 Å². The van der Waals surface area contributed by atoms with Crippen molar-refractivity contribution in [2.75, 3.05) is 6.61 Å². The zero-order valence-electron chi connectivity index (χ0n) is 16.8. The molecule has 28 heavy (non-hydrogen) atoms. The molecule has 0 aromatic heterocycles. The third-order valence-corrected chi connectivity index (χ3v) is 4.77. The molecule has 4 atom stereocenters. The van der Waals surface area contributed by atoms with Crippen molar-refractivity contribution in [3.8, 4) is 0 Å². The summed E-state index contributed by atoms with van der Waals surface area (Å²) in [6.07, 6.45) is 2.21. The normalized spacial score (nSPS) is 30.2. The predicted octanol–water partition coefficient (Wildman–Crippen LogP) is 2.11. The van der Waals surface area contributed by atoms with Crippen molar-refractivity contribution in [1.82, 2.24) is 0 Å². The Bertz CT molecular complexity index is 599. The van der Waals surface area contributed by atoms with Crippen molar-refractivity contribution in [3.63, 3.8) is 0 Å². The van der Waals surface area contributed by atoms with Crippen LogP contribution < -0.4 is 0 Å². The number of hydrogen-bond donors (Lipinski definition) is 0. The van der Waals surface area contributed by atoms with Crippen molar-refractivity contribution in [1.29, 1.82) is 0 Å². The van der Waals surface area contributed by atoms with Gasteiger partial charge in [0, 0.05) is 27.2 Å². The van der Waals surface area contributed by atoms with E-state index in [2.05, 4.69) is 4.99 Å². The van der Waals surface area contributed by atoms with E-state index in [0.717, 1.165) is 12.8 Å². The van der Waals surface area contributed by atoms with E-state index in [1.165, 1.54) is 33.6 Å². The molecule has 0 spiro atoms. The van der Waals surface area contributed by atoms with Crippen molar-refractivity contribution in [2.45, 2.75) is 84.2 Å². The maximum Gasteiger partial charge on any atom is 0.303 e. The minimum atomic E-state index is -1.05. The van der Waals surface area contributed by atoms with Crippen LogP contribution in [0.1, 0.15) is 59.8 Å². The summed E-state index contributed by atoms with van der Waals surface area (Å²) in [7, 11) is 0. The molecule has 0 radical (unpaired) electrons. The second-order valence-corrected chi connectivity index (χ2v) is 7.29. The number of nitrogens with zero attached hydrogens (tertiary/aromatic N) is 1. The summed E-state index contributed by atoms with van der Waals surface area (Å²) in [4.78, 5) is 49.9. The molecule has 0 aromatic carbocycles. The van der Waals surface area contributed by atoms with Gasteiger partial charge < -0.3 is 19.1 Å². The van der Waals surface area contributed by atoms with Gasteiger partial charge in [-0.3, -0.25) is 14.4 Å². The van der Waals surface area contributed by atoms with Crippen LogP contribution in [0.4, 0.5) is 0 Å². The Balaban J connectivity index is 2.27. The van der Waals surface area contributed by atoms with Crippen molar-refractivity contribution >= 4 is 23.8 Å². The van der Waals surface area contributed by atoms with Gasteiger partial charge in [-0.25, -0.2) is 4.99 Å². The summed E-state index contributed by atoms with van der Waals surface area (Å²) in [5.41, 5.74) is 0. The van der Waals surface area contributed by atoms with Crippen LogP contribution in [0, 0.1) is 5.92 Å². The van der Waals surface area contributed by atoms with Gasteiger partial charge in [-0.1, -0.05) is 12.8 Å². The first-order valence-corrected chi connectivity index (χ1v) is 9.64. The summed E-state index contributed by atoms with van der Waals surface area (Å²) in [6.45, 7) is 5.26. The molecule has 0 amide bonds. The van der Waals surface area contributed by atoms with Crippen LogP contribution in [0.25, 0.3) is 0 Å². The molecule has 0 bridgehead atoms. The second-order valence-electron chi connectivity index (χ2n) is 7.29. The molecule has 0 N–H and O–H groups in total. The molecule has 1 heterocycles. The highest BCUT2D eigenvalue weighted by Crippen LogP contribution is 2.29. The lowest BCUT2D eigenvalue weighted by Gasteiger charge is -2.35. The van der Waals surface area contributed by atoms with Gasteiger partial charge >= 0.3 is 17.9 Å². The number of esters is 3. The van der Waals surface area contributed by atoms with Crippen LogP contribution >= 0.6 is 0 Å². The third-order valence-electron chi connectivity index (χ3n) is 4.77. The summed E-state index contributed by atoms with van der Waals surface area (Å²) in [5, 5.41) is 0. The average molecular weight is 399 g/mol. The SMILES string of the molecule is CC(=O)OCC1OO/C(CC2CCCC2)=N\[C@H](C)C(OC(C)=O)[C@H]1OC(C)=O. The summed E-state index contributed by atoms with van der Waals surface area (Å²) in [6, 6.07) is -0.548. The van der Waals surface area contributed by atoms with E-state index in [0.29, 0.717) is 18.2 Å². The van der Waals surface area contributed by atoms with E-state index in [-0.39, 0.29) is 6.61 Å². The predicted molar refractivity (Wildman–Crippen MR) is 97.2 cm³/mol. The van der Waals surface area contributed by atoms with Crippen LogP contribution in [0.2, 0.25) is 0 Å². The Kier molecular flexibility index (Phi) is 8.22. The van der Waals surface area contributed by atoms with Crippen LogP contribution in [0.5, 0.6) is 0 Å². The third kappa shape index (κ3) is 6.78. The highest BCUT2D eigenvalue weighted by Gasteiger charge is 2.42. The van der Waals surface area contributed by atoms with Gasteiger partial charge in [-0.05, 0) is 25.7 Å². The van der Waals surface area contributed by atoms with E-state index in [9.17, 15) is 14.4 Å². The number of carbonyl (C=O) groups is 3. The summed E-state index contributed by atoms with van der Waals surface area (Å²) < 4.78 is 15.8. The van der Waals surface area contributed by atoms with Crippen molar-refractivity contribution < 1.29 is 38.4 Å². The first-order chi connectivity index (χ1) is 13.3. The molecule has 9 nitrogen and oxygen atoms in total. The highest BCUT2D eigenvalue weighted by molar-refractivity contribution is 5.76. The number of carbonyl (C=O) groups excluding carboxylic acids is 3. The number of ether oxygens (including phenoxy) is 3. The maximum atomic E-state index is 11.7. The lowest BCUT2D eigenvalue weighted by Crippen LogP contribution is -2.52. The molecule has 2 aliphatic rings. The molecule has 2 unspecified atom stereocenters. The zero-order chi connectivity index (χ0) is 20.7. The zero-order valence-corrected chi connectivity index (χ0v) is 16.8. The topological polar surface area (TPSA) is 110 Å². The Morgan fingerprint density at radius 2 is 1.61 bits per heavy atom. The van der Waals surface area contributed by atoms with E-state index >= 15 is 0 Å². The van der Waals surface area contributed by atoms with Gasteiger partial charge in [0.15, 0.2) is 18.3 Å². The van der Waals surface area contributed by atoms with Gasteiger partial charge in [0.2, 0.25) is 5.90 Å². The Hall–Kier alpha value is -2.16. The summed E-state index contributed by atoms with van der Waals surface area (Å²) >= 11 is 0. The molecule has 158 valence electrons. The van der Waals surface area contributed by atoms with Crippen LogP contribution in [0.15, 0.2) is 4.99 Å². The molecule has 2 rings (SSSR count). The average Bonchev–Trinajstić information content (AvgIpc) is 3.09. The molecule has 1 fully saturated rings. The Morgan fingerprint density at radius 3 is 2.18 bits per heavy atom. The first kappa shape index (κ1) is 22.1. The molecule has 1 saturated carbocycles. The summed E-state index contributed by atoms with van der Waals surface area (Å²) in [5.74, 6) is -0.817. The lowest BCUT2D eigenvalue weighted by atomic mass is 10.0. The van der Waals surface area contributed by atoms with E-state index < -0.39 is 42.3 Å². The minimum absolute atomic E-state index is 0.228. The van der Waals surface area contributed by atoms with E-state index in [4.69, 9.17) is 24.0 Å². The molecule has 0 aromatic rings. The van der Waals surface area contributed by atoms with Gasteiger partial charge in [0.25, 0.3) is 0 Å². The number of hydrogen-bond acceptors (Lipinski definition) is 9. The monoisotopic (exact) mass is 399 g/mol. The van der Waals surface area contributed by atoms with Crippen LogP contribution in [-0.2, 0) is 38.4 Å². The fraction of sp³-hybridized carbons (Fsp3) is 0.789. The van der Waals surface area contributed by atoms with Gasteiger partial charge in [-0.15, -0.1) is 0 Å². The standard InChI is InChI=1S/C19H29NO8/c1-11-18(25-13(3)22)19(26-14(4)23)16(10-24-12(2)21)27-28-17(20-11)9-15-7-5-6-8-15/h11,15-16,18-19H,5-10H2,1-4H3/b20-17-/t11-,16?,18?,19+/m1/s1. The molecular weight excluding hydrogens is 370 g/mol. The number of rotatable bonds is 6. The van der Waals surface area contributed by atoms with Crippen molar-refractivity contribution in [2.24, 2.45) is 10.9 Å².